The smallest absolute Gasteiger partial charge is 0.0464 e. The second-order valence-electron chi connectivity index (χ2n) is 3.26. The molecule has 0 heterocycles. The zero-order chi connectivity index (χ0) is 9.30. The number of benzene rings is 1. The molecule has 0 bridgehead atoms. The minimum Gasteiger partial charge on any atom is -0.324 e. The first kappa shape index (κ1) is 9.56. The summed E-state index contributed by atoms with van der Waals surface area (Å²) in [4.78, 5) is 0. The summed E-state index contributed by atoms with van der Waals surface area (Å²) in [6.45, 7) is 5.98. The zero-order valence-electron chi connectivity index (χ0n) is 7.69. The van der Waals surface area contributed by atoms with Crippen molar-refractivity contribution in [3.8, 4) is 0 Å². The highest BCUT2D eigenvalue weighted by atomic mass is 35.5. The zero-order valence-corrected chi connectivity index (χ0v) is 8.44. The predicted octanol–water partition coefficient (Wildman–Crippen LogP) is 2.98. The SMILES string of the molecule is Cc1cc([C@@H](C)N)cc(C)c1Cl. The van der Waals surface area contributed by atoms with Crippen molar-refractivity contribution in [3.05, 3.63) is 33.8 Å². The number of rotatable bonds is 1. The topological polar surface area (TPSA) is 26.0 Å². The van der Waals surface area contributed by atoms with Crippen LogP contribution in [0.2, 0.25) is 5.02 Å². The second-order valence-corrected chi connectivity index (χ2v) is 3.64. The summed E-state index contributed by atoms with van der Waals surface area (Å²) >= 11 is 6.01. The molecule has 1 aromatic rings. The average molecular weight is 184 g/mol. The number of nitrogens with two attached hydrogens (primary N) is 1. The summed E-state index contributed by atoms with van der Waals surface area (Å²) < 4.78 is 0. The molecule has 0 radical (unpaired) electrons. The van der Waals surface area contributed by atoms with E-state index in [-0.39, 0.29) is 6.04 Å². The molecule has 2 N–H and O–H groups in total. The fraction of sp³-hybridized carbons (Fsp3) is 0.400. The maximum absolute atomic E-state index is 6.01. The van der Waals surface area contributed by atoms with Gasteiger partial charge in [-0.05, 0) is 37.5 Å². The first-order valence-corrected chi connectivity index (χ1v) is 4.42. The Hall–Kier alpha value is -0.530. The Bertz CT molecular complexity index is 269. The maximum atomic E-state index is 6.01. The molecule has 1 rings (SSSR count). The largest absolute Gasteiger partial charge is 0.324 e. The van der Waals surface area contributed by atoms with Crippen LogP contribution in [-0.4, -0.2) is 0 Å². The third kappa shape index (κ3) is 1.79. The summed E-state index contributed by atoms with van der Waals surface area (Å²) in [5.41, 5.74) is 9.11. The van der Waals surface area contributed by atoms with E-state index < -0.39 is 0 Å². The van der Waals surface area contributed by atoms with Crippen LogP contribution in [0.15, 0.2) is 12.1 Å². The molecule has 0 spiro atoms. The van der Waals surface area contributed by atoms with Crippen molar-refractivity contribution < 1.29 is 0 Å². The van der Waals surface area contributed by atoms with Crippen LogP contribution in [0.1, 0.15) is 29.7 Å². The molecule has 0 aliphatic heterocycles. The summed E-state index contributed by atoms with van der Waals surface area (Å²) in [5.74, 6) is 0. The number of hydrogen-bond donors (Lipinski definition) is 1. The van der Waals surface area contributed by atoms with E-state index in [2.05, 4.69) is 0 Å². The van der Waals surface area contributed by atoms with Crippen LogP contribution in [0.4, 0.5) is 0 Å². The molecular weight excluding hydrogens is 170 g/mol. The predicted molar refractivity (Wildman–Crippen MR) is 53.5 cm³/mol. The molecule has 0 aliphatic carbocycles. The Kier molecular flexibility index (Phi) is 2.76. The van der Waals surface area contributed by atoms with Gasteiger partial charge in [0.25, 0.3) is 0 Å². The Morgan fingerprint density at radius 2 is 1.67 bits per heavy atom. The quantitative estimate of drug-likeness (QED) is 0.712. The first-order chi connectivity index (χ1) is 5.52. The van der Waals surface area contributed by atoms with Gasteiger partial charge >= 0.3 is 0 Å². The highest BCUT2D eigenvalue weighted by Crippen LogP contribution is 2.23. The summed E-state index contributed by atoms with van der Waals surface area (Å²) in [6.07, 6.45) is 0. The standard InChI is InChI=1S/C10H14ClN/c1-6-4-9(8(3)12)5-7(2)10(6)11/h4-5,8H,12H2,1-3H3/t8-/m1/s1. The molecule has 1 atom stereocenters. The van der Waals surface area contributed by atoms with Gasteiger partial charge in [0.15, 0.2) is 0 Å². The number of halogens is 1. The van der Waals surface area contributed by atoms with Crippen molar-refractivity contribution in [2.45, 2.75) is 26.8 Å². The van der Waals surface area contributed by atoms with E-state index >= 15 is 0 Å². The molecule has 0 amide bonds. The van der Waals surface area contributed by atoms with Crippen LogP contribution in [-0.2, 0) is 0 Å². The fourth-order valence-corrected chi connectivity index (χ4v) is 1.35. The molecule has 0 unspecified atom stereocenters. The first-order valence-electron chi connectivity index (χ1n) is 4.04. The van der Waals surface area contributed by atoms with Crippen molar-refractivity contribution in [3.63, 3.8) is 0 Å². The lowest BCUT2D eigenvalue weighted by Gasteiger charge is -2.10. The molecule has 0 fully saturated rings. The highest BCUT2D eigenvalue weighted by Gasteiger charge is 2.04. The summed E-state index contributed by atoms with van der Waals surface area (Å²) in [7, 11) is 0. The van der Waals surface area contributed by atoms with Gasteiger partial charge in [0.2, 0.25) is 0 Å². The molecular formula is C10H14ClN. The molecule has 1 aromatic carbocycles. The second kappa shape index (κ2) is 3.46. The number of hydrogen-bond acceptors (Lipinski definition) is 1. The molecule has 0 aliphatic rings. The molecule has 2 heteroatoms. The lowest BCUT2D eigenvalue weighted by atomic mass is 10.0. The van der Waals surface area contributed by atoms with Crippen molar-refractivity contribution in [2.24, 2.45) is 5.73 Å². The van der Waals surface area contributed by atoms with E-state index in [1.165, 1.54) is 0 Å². The average Bonchev–Trinajstić information content (AvgIpc) is 1.99. The molecule has 12 heavy (non-hydrogen) atoms. The van der Waals surface area contributed by atoms with E-state index in [1.54, 1.807) is 0 Å². The van der Waals surface area contributed by atoms with Crippen LogP contribution >= 0.6 is 11.6 Å². The normalized spacial score (nSPS) is 13.1. The van der Waals surface area contributed by atoms with Gasteiger partial charge in [0.1, 0.15) is 0 Å². The van der Waals surface area contributed by atoms with Gasteiger partial charge in [-0.3, -0.25) is 0 Å². The van der Waals surface area contributed by atoms with Crippen LogP contribution in [0, 0.1) is 13.8 Å². The fourth-order valence-electron chi connectivity index (χ4n) is 1.24. The minimum absolute atomic E-state index is 0.0830. The molecule has 0 saturated carbocycles. The Morgan fingerprint density at radius 3 is 2.00 bits per heavy atom. The lowest BCUT2D eigenvalue weighted by molar-refractivity contribution is 0.815. The monoisotopic (exact) mass is 183 g/mol. The van der Waals surface area contributed by atoms with Gasteiger partial charge in [-0.1, -0.05) is 23.7 Å². The highest BCUT2D eigenvalue weighted by molar-refractivity contribution is 6.32. The van der Waals surface area contributed by atoms with Gasteiger partial charge in [0, 0.05) is 11.1 Å². The Labute approximate surface area is 78.5 Å². The minimum atomic E-state index is 0.0830. The van der Waals surface area contributed by atoms with Gasteiger partial charge in [0.05, 0.1) is 0 Å². The van der Waals surface area contributed by atoms with E-state index in [9.17, 15) is 0 Å². The summed E-state index contributed by atoms with van der Waals surface area (Å²) in [5, 5.41) is 0.847. The van der Waals surface area contributed by atoms with Gasteiger partial charge in [-0.25, -0.2) is 0 Å². The van der Waals surface area contributed by atoms with Gasteiger partial charge in [-0.2, -0.15) is 0 Å². The summed E-state index contributed by atoms with van der Waals surface area (Å²) in [6, 6.07) is 4.17. The van der Waals surface area contributed by atoms with E-state index in [0.717, 1.165) is 21.7 Å². The van der Waals surface area contributed by atoms with Crippen molar-refractivity contribution in [1.29, 1.82) is 0 Å². The van der Waals surface area contributed by atoms with Crippen LogP contribution in [0.5, 0.6) is 0 Å². The van der Waals surface area contributed by atoms with E-state index in [1.807, 2.05) is 32.9 Å². The molecule has 1 nitrogen and oxygen atoms in total. The van der Waals surface area contributed by atoms with Gasteiger partial charge in [-0.15, -0.1) is 0 Å². The molecule has 0 aromatic heterocycles. The third-order valence-electron chi connectivity index (χ3n) is 1.98. The van der Waals surface area contributed by atoms with Gasteiger partial charge < -0.3 is 5.73 Å². The molecule has 0 saturated heterocycles. The van der Waals surface area contributed by atoms with Crippen LogP contribution in [0.3, 0.4) is 0 Å². The van der Waals surface area contributed by atoms with Crippen LogP contribution < -0.4 is 5.73 Å². The van der Waals surface area contributed by atoms with Crippen molar-refractivity contribution in [1.82, 2.24) is 0 Å². The van der Waals surface area contributed by atoms with Crippen LogP contribution in [0.25, 0.3) is 0 Å². The number of aryl methyl sites for hydroxylation is 2. The van der Waals surface area contributed by atoms with E-state index in [4.69, 9.17) is 17.3 Å². The Balaban J connectivity index is 3.21. The van der Waals surface area contributed by atoms with E-state index in [0.29, 0.717) is 0 Å². The van der Waals surface area contributed by atoms with Crippen molar-refractivity contribution in [2.75, 3.05) is 0 Å². The maximum Gasteiger partial charge on any atom is 0.0464 e. The third-order valence-corrected chi connectivity index (χ3v) is 2.58. The lowest BCUT2D eigenvalue weighted by Crippen LogP contribution is -2.05. The molecule has 66 valence electrons. The Morgan fingerprint density at radius 1 is 1.25 bits per heavy atom. The van der Waals surface area contributed by atoms with Crippen molar-refractivity contribution >= 4 is 11.6 Å².